The van der Waals surface area contributed by atoms with Gasteiger partial charge in [0.15, 0.2) is 0 Å². The smallest absolute Gasteiger partial charge is 0.242 e. The minimum Gasteiger partial charge on any atom is -0.493 e. The Hall–Kier alpha value is -2.91. The van der Waals surface area contributed by atoms with E-state index in [2.05, 4.69) is 27.0 Å². The number of benzene rings is 1. The van der Waals surface area contributed by atoms with E-state index in [9.17, 15) is 9.59 Å². The zero-order chi connectivity index (χ0) is 27.1. The number of amides is 2. The van der Waals surface area contributed by atoms with Gasteiger partial charge in [-0.25, -0.2) is 0 Å². The second kappa shape index (κ2) is 16.5. The van der Waals surface area contributed by atoms with Gasteiger partial charge in [-0.15, -0.1) is 37.2 Å². The van der Waals surface area contributed by atoms with Crippen LogP contribution in [0.1, 0.15) is 38.3 Å². The molecule has 0 N–H and O–H groups in total. The van der Waals surface area contributed by atoms with Gasteiger partial charge in [0.05, 0.1) is 18.0 Å². The van der Waals surface area contributed by atoms with E-state index in [1.807, 2.05) is 49.6 Å². The molecule has 8 nitrogen and oxygen atoms in total. The highest BCUT2D eigenvalue weighted by atomic mass is 35.5. The molecule has 1 aromatic carbocycles. The second-order valence-corrected chi connectivity index (χ2v) is 10.1. The maximum atomic E-state index is 13.1. The Kier molecular flexibility index (Phi) is 14.5. The fourth-order valence-corrected chi connectivity index (χ4v) is 4.80. The van der Waals surface area contributed by atoms with Crippen LogP contribution in [-0.2, 0) is 22.6 Å². The van der Waals surface area contributed by atoms with Gasteiger partial charge in [0.1, 0.15) is 11.2 Å². The fraction of sp³-hybridized carbons (Fsp3) is 0.400. The summed E-state index contributed by atoms with van der Waals surface area (Å²) in [6.07, 6.45) is 9.17. The Balaban J connectivity index is 0.00000280. The monoisotopic (exact) mass is 623 g/mol. The quantitative estimate of drug-likeness (QED) is 0.204. The number of fused-ring (bicyclic) bond motifs is 1. The average molecular weight is 625 g/mol. The minimum atomic E-state index is -1.13. The third-order valence-corrected chi connectivity index (χ3v) is 6.99. The van der Waals surface area contributed by atoms with Crippen molar-refractivity contribution in [2.75, 3.05) is 43.1 Å². The van der Waals surface area contributed by atoms with E-state index in [1.165, 1.54) is 11.1 Å². The molecule has 11 heteroatoms. The molecule has 41 heavy (non-hydrogen) atoms. The van der Waals surface area contributed by atoms with Crippen LogP contribution >= 0.6 is 37.2 Å². The van der Waals surface area contributed by atoms with Crippen LogP contribution in [0.25, 0.3) is 0 Å². The van der Waals surface area contributed by atoms with Gasteiger partial charge in [-0.2, -0.15) is 0 Å². The zero-order valence-electron chi connectivity index (χ0n) is 24.0. The van der Waals surface area contributed by atoms with E-state index in [-0.39, 0.29) is 49.0 Å². The number of carbonyl (C=O) groups is 2. The first-order chi connectivity index (χ1) is 18.3. The lowest BCUT2D eigenvalue weighted by Crippen LogP contribution is -2.47. The third kappa shape index (κ3) is 8.79. The lowest BCUT2D eigenvalue weighted by molar-refractivity contribution is -0.137. The molecule has 3 heterocycles. The summed E-state index contributed by atoms with van der Waals surface area (Å²) in [6.45, 7) is 8.91. The molecule has 0 unspecified atom stereocenters. The summed E-state index contributed by atoms with van der Waals surface area (Å²) in [7, 11) is 1.72. The number of aromatic nitrogens is 2. The van der Waals surface area contributed by atoms with E-state index in [4.69, 9.17) is 4.74 Å². The summed E-state index contributed by atoms with van der Waals surface area (Å²) in [5.74, 6) is 0.265. The van der Waals surface area contributed by atoms with E-state index in [0.717, 1.165) is 38.2 Å². The summed E-state index contributed by atoms with van der Waals surface area (Å²) >= 11 is 0. The Morgan fingerprint density at radius 2 is 1.54 bits per heavy atom. The number of pyridine rings is 2. The van der Waals surface area contributed by atoms with Crippen molar-refractivity contribution in [3.63, 3.8) is 0 Å². The van der Waals surface area contributed by atoms with Crippen molar-refractivity contribution in [2.45, 2.75) is 40.2 Å². The number of rotatable bonds is 11. The highest BCUT2D eigenvalue weighted by molar-refractivity contribution is 6.20. The maximum Gasteiger partial charge on any atom is 0.242 e. The van der Waals surface area contributed by atoms with Gasteiger partial charge in [-0.3, -0.25) is 24.5 Å². The van der Waals surface area contributed by atoms with Crippen molar-refractivity contribution < 1.29 is 14.3 Å². The van der Waals surface area contributed by atoms with Crippen LogP contribution in [0.5, 0.6) is 5.75 Å². The van der Waals surface area contributed by atoms with Crippen LogP contribution in [0, 0.1) is 5.41 Å². The molecule has 0 fully saturated rings. The molecule has 0 spiro atoms. The normalized spacial score (nSPS) is 13.9. The van der Waals surface area contributed by atoms with Crippen molar-refractivity contribution in [3.05, 3.63) is 78.4 Å². The first-order valence-electron chi connectivity index (χ1n) is 13.2. The molecule has 3 aromatic rings. The zero-order valence-corrected chi connectivity index (χ0v) is 26.4. The van der Waals surface area contributed by atoms with E-state index >= 15 is 0 Å². The van der Waals surface area contributed by atoms with Gasteiger partial charge in [-0.05, 0) is 69.0 Å². The Morgan fingerprint density at radius 3 is 2.15 bits per heavy atom. The predicted octanol–water partition coefficient (Wildman–Crippen LogP) is 5.61. The van der Waals surface area contributed by atoms with Gasteiger partial charge >= 0.3 is 0 Å². The van der Waals surface area contributed by atoms with Crippen LogP contribution in [0.3, 0.4) is 0 Å². The van der Waals surface area contributed by atoms with Crippen molar-refractivity contribution in [1.82, 2.24) is 14.9 Å². The van der Waals surface area contributed by atoms with Gasteiger partial charge in [0.2, 0.25) is 11.8 Å². The molecule has 224 valence electrons. The summed E-state index contributed by atoms with van der Waals surface area (Å²) in [5.41, 5.74) is 2.67. The fourth-order valence-electron chi connectivity index (χ4n) is 4.80. The van der Waals surface area contributed by atoms with Crippen molar-refractivity contribution in [3.8, 4) is 5.75 Å². The first-order valence-corrected chi connectivity index (χ1v) is 13.2. The number of hydrogen-bond donors (Lipinski definition) is 0. The third-order valence-electron chi connectivity index (χ3n) is 6.99. The SMILES string of the molecule is CCN1C(=O)C(C)(C)C(=O)N(C)c2cc(OCCCN(CCc3cccnc3)Cc3cccnc3)ccc21.Cl.Cl.Cl. The molecule has 0 bridgehead atoms. The number of halogens is 3. The molecular weight excluding hydrogens is 585 g/mol. The number of ether oxygens (including phenoxy) is 1. The summed E-state index contributed by atoms with van der Waals surface area (Å²) in [5, 5.41) is 0. The van der Waals surface area contributed by atoms with Crippen LogP contribution in [-0.4, -0.2) is 60.0 Å². The van der Waals surface area contributed by atoms with Crippen molar-refractivity contribution in [2.24, 2.45) is 5.41 Å². The van der Waals surface area contributed by atoms with Crippen molar-refractivity contribution >= 4 is 60.4 Å². The Morgan fingerprint density at radius 1 is 0.878 bits per heavy atom. The molecule has 0 saturated heterocycles. The molecule has 1 aliphatic rings. The molecule has 0 atom stereocenters. The highest BCUT2D eigenvalue weighted by Gasteiger charge is 2.45. The number of hydrogen-bond acceptors (Lipinski definition) is 6. The van der Waals surface area contributed by atoms with Gasteiger partial charge in [0.25, 0.3) is 0 Å². The molecule has 0 saturated carbocycles. The average Bonchev–Trinajstić information content (AvgIpc) is 2.99. The lowest BCUT2D eigenvalue weighted by atomic mass is 9.90. The second-order valence-electron chi connectivity index (χ2n) is 10.1. The highest BCUT2D eigenvalue weighted by Crippen LogP contribution is 2.40. The molecule has 0 aliphatic carbocycles. The summed E-state index contributed by atoms with van der Waals surface area (Å²) < 4.78 is 6.12. The van der Waals surface area contributed by atoms with Crippen LogP contribution in [0.15, 0.2) is 67.3 Å². The van der Waals surface area contributed by atoms with E-state index < -0.39 is 5.41 Å². The predicted molar refractivity (Wildman–Crippen MR) is 171 cm³/mol. The van der Waals surface area contributed by atoms with Crippen LogP contribution < -0.4 is 14.5 Å². The van der Waals surface area contributed by atoms with E-state index in [0.29, 0.717) is 24.6 Å². The Bertz CT molecular complexity index is 1250. The van der Waals surface area contributed by atoms with E-state index in [1.54, 1.807) is 43.1 Å². The number of anilines is 2. The molecular formula is C30H40Cl3N5O3. The summed E-state index contributed by atoms with van der Waals surface area (Å²) in [6, 6.07) is 13.7. The molecule has 2 amide bonds. The topological polar surface area (TPSA) is 78.9 Å². The molecule has 2 aromatic heterocycles. The van der Waals surface area contributed by atoms with Gasteiger partial charge < -0.3 is 14.5 Å². The summed E-state index contributed by atoms with van der Waals surface area (Å²) in [4.78, 5) is 40.3. The van der Waals surface area contributed by atoms with Crippen LogP contribution in [0.2, 0.25) is 0 Å². The van der Waals surface area contributed by atoms with Gasteiger partial charge in [-0.1, -0.05) is 12.1 Å². The maximum absolute atomic E-state index is 13.1. The number of carbonyl (C=O) groups excluding carboxylic acids is 2. The number of nitrogens with zero attached hydrogens (tertiary/aromatic N) is 5. The lowest BCUT2D eigenvalue weighted by Gasteiger charge is -2.27. The van der Waals surface area contributed by atoms with Gasteiger partial charge in [0, 0.05) is 64.1 Å². The largest absolute Gasteiger partial charge is 0.493 e. The van der Waals surface area contributed by atoms with Crippen LogP contribution in [0.4, 0.5) is 11.4 Å². The molecule has 1 aliphatic heterocycles. The molecule has 0 radical (unpaired) electrons. The standard InChI is InChI=1S/C30H37N5O3.3ClH/c1-5-35-26-12-11-25(19-27(26)33(4)28(36)30(2,3)29(35)37)38-18-8-16-34(22-24-10-7-15-32-21-24)17-13-23-9-6-14-31-20-23;;;/h6-7,9-12,14-15,19-21H,5,8,13,16-18,22H2,1-4H3;3*1H. The first kappa shape index (κ1) is 36.1. The van der Waals surface area contributed by atoms with Crippen molar-refractivity contribution in [1.29, 1.82) is 0 Å². The Labute approximate surface area is 261 Å². The minimum absolute atomic E-state index is 0. The molecule has 4 rings (SSSR count).